The number of amides is 2. The molecule has 28 heavy (non-hydrogen) atoms. The summed E-state index contributed by atoms with van der Waals surface area (Å²) in [6.07, 6.45) is 1.60. The van der Waals surface area contributed by atoms with Crippen molar-refractivity contribution in [2.24, 2.45) is 0 Å². The monoisotopic (exact) mass is 380 g/mol. The number of hydrogen-bond acceptors (Lipinski definition) is 3. The van der Waals surface area contributed by atoms with Gasteiger partial charge in [-0.3, -0.25) is 9.59 Å². The van der Waals surface area contributed by atoms with E-state index in [9.17, 15) is 9.59 Å². The summed E-state index contributed by atoms with van der Waals surface area (Å²) in [4.78, 5) is 27.0. The first-order valence-corrected chi connectivity index (χ1v) is 9.94. The van der Waals surface area contributed by atoms with Crippen molar-refractivity contribution in [1.29, 1.82) is 0 Å². The first kappa shape index (κ1) is 19.9. The minimum atomic E-state index is -0.200. The van der Waals surface area contributed by atoms with E-state index in [1.165, 1.54) is 0 Å². The molecule has 0 aromatic heterocycles. The highest BCUT2D eigenvalue weighted by atomic mass is 16.5. The normalized spacial score (nSPS) is 15.8. The maximum atomic E-state index is 12.8. The Morgan fingerprint density at radius 3 is 2.57 bits per heavy atom. The average molecular weight is 380 g/mol. The molecule has 5 nitrogen and oxygen atoms in total. The molecule has 2 aromatic rings. The Morgan fingerprint density at radius 2 is 1.89 bits per heavy atom. The summed E-state index contributed by atoms with van der Waals surface area (Å²) in [5.41, 5.74) is 2.64. The Balaban J connectivity index is 1.79. The van der Waals surface area contributed by atoms with Crippen molar-refractivity contribution in [3.63, 3.8) is 0 Å². The highest BCUT2D eigenvalue weighted by Gasteiger charge is 2.25. The van der Waals surface area contributed by atoms with Crippen LogP contribution in [0.4, 0.5) is 5.69 Å². The third-order valence-corrected chi connectivity index (χ3v) is 5.39. The fraction of sp³-hybridized carbons (Fsp3) is 0.391. The van der Waals surface area contributed by atoms with Crippen LogP contribution >= 0.6 is 0 Å². The molecule has 0 bridgehead atoms. The van der Waals surface area contributed by atoms with Gasteiger partial charge in [-0.2, -0.15) is 0 Å². The molecule has 0 saturated carbocycles. The number of carbonyl (C=O) groups is 2. The van der Waals surface area contributed by atoms with Crippen LogP contribution in [0.1, 0.15) is 50.7 Å². The quantitative estimate of drug-likeness (QED) is 0.811. The second kappa shape index (κ2) is 8.91. The minimum Gasteiger partial charge on any atom is -0.483 e. The van der Waals surface area contributed by atoms with Gasteiger partial charge in [0.15, 0.2) is 6.61 Å². The summed E-state index contributed by atoms with van der Waals surface area (Å²) in [5.74, 6) is 0.464. The lowest BCUT2D eigenvalue weighted by Crippen LogP contribution is -2.39. The van der Waals surface area contributed by atoms with Gasteiger partial charge in [0.25, 0.3) is 5.91 Å². The lowest BCUT2D eigenvalue weighted by atomic mass is 9.95. The second-order valence-electron chi connectivity index (χ2n) is 7.25. The predicted octanol–water partition coefficient (Wildman–Crippen LogP) is 4.34. The fourth-order valence-electron chi connectivity index (χ4n) is 3.52. The van der Waals surface area contributed by atoms with Crippen molar-refractivity contribution in [1.82, 2.24) is 4.90 Å². The number of nitrogens with one attached hydrogen (secondary N) is 1. The molecule has 2 amide bonds. The van der Waals surface area contributed by atoms with E-state index < -0.39 is 0 Å². The largest absolute Gasteiger partial charge is 0.483 e. The summed E-state index contributed by atoms with van der Waals surface area (Å²) < 4.78 is 5.68. The van der Waals surface area contributed by atoms with Gasteiger partial charge in [-0.15, -0.1) is 0 Å². The number of fused-ring (bicyclic) bond motifs is 1. The van der Waals surface area contributed by atoms with Gasteiger partial charge in [0.05, 0.1) is 5.92 Å². The molecule has 1 aliphatic heterocycles. The van der Waals surface area contributed by atoms with Gasteiger partial charge in [-0.1, -0.05) is 44.2 Å². The average Bonchev–Trinajstić information content (AvgIpc) is 2.87. The van der Waals surface area contributed by atoms with Crippen LogP contribution in [0.3, 0.4) is 0 Å². The molecule has 0 spiro atoms. The van der Waals surface area contributed by atoms with E-state index in [0.717, 1.165) is 29.7 Å². The van der Waals surface area contributed by atoms with E-state index in [1.807, 2.05) is 67.3 Å². The van der Waals surface area contributed by atoms with Crippen LogP contribution in [-0.4, -0.2) is 29.4 Å². The standard InChI is InChI=1S/C23H28N2O3/c1-4-16(3)25-14-18-13-19(11-12-21(18)28-15-22(25)26)24-23(27)20(5-2)17-9-7-6-8-10-17/h6-13,16,20H,4-5,14-15H2,1-3H3,(H,24,27). The number of anilines is 1. The summed E-state index contributed by atoms with van der Waals surface area (Å²) in [6.45, 7) is 6.66. The zero-order chi connectivity index (χ0) is 20.1. The Bertz CT molecular complexity index is 835. The summed E-state index contributed by atoms with van der Waals surface area (Å²) in [6, 6.07) is 15.5. The van der Waals surface area contributed by atoms with Crippen LogP contribution in [0.25, 0.3) is 0 Å². The molecule has 0 radical (unpaired) electrons. The van der Waals surface area contributed by atoms with Gasteiger partial charge in [-0.25, -0.2) is 0 Å². The summed E-state index contributed by atoms with van der Waals surface area (Å²) in [7, 11) is 0. The minimum absolute atomic E-state index is 0.00809. The molecule has 3 rings (SSSR count). The zero-order valence-electron chi connectivity index (χ0n) is 16.8. The topological polar surface area (TPSA) is 58.6 Å². The van der Waals surface area contributed by atoms with Crippen molar-refractivity contribution in [2.45, 2.75) is 52.1 Å². The molecule has 5 heteroatoms. The van der Waals surface area contributed by atoms with Gasteiger partial charge >= 0.3 is 0 Å². The van der Waals surface area contributed by atoms with Gasteiger partial charge in [-0.05, 0) is 43.5 Å². The maximum absolute atomic E-state index is 12.8. The van der Waals surface area contributed by atoms with E-state index in [-0.39, 0.29) is 30.4 Å². The molecule has 148 valence electrons. The van der Waals surface area contributed by atoms with Crippen LogP contribution < -0.4 is 10.1 Å². The fourth-order valence-corrected chi connectivity index (χ4v) is 3.52. The molecule has 2 aromatic carbocycles. The van der Waals surface area contributed by atoms with E-state index in [2.05, 4.69) is 12.2 Å². The SMILES string of the molecule is CCC(C(=O)Nc1ccc2c(c1)CN(C(C)CC)C(=O)CO2)c1ccccc1. The molecule has 2 unspecified atom stereocenters. The number of ether oxygens (including phenoxy) is 1. The first-order chi connectivity index (χ1) is 13.5. The van der Waals surface area contributed by atoms with Gasteiger partial charge in [0.1, 0.15) is 5.75 Å². The Labute approximate surface area is 166 Å². The van der Waals surface area contributed by atoms with Crippen LogP contribution in [-0.2, 0) is 16.1 Å². The van der Waals surface area contributed by atoms with Gasteiger partial charge in [0, 0.05) is 23.8 Å². The van der Waals surface area contributed by atoms with E-state index in [4.69, 9.17) is 4.74 Å². The molecule has 1 heterocycles. The third-order valence-electron chi connectivity index (χ3n) is 5.39. The van der Waals surface area contributed by atoms with Crippen LogP contribution in [0, 0.1) is 0 Å². The molecule has 2 atom stereocenters. The maximum Gasteiger partial charge on any atom is 0.261 e. The third kappa shape index (κ3) is 4.35. The van der Waals surface area contributed by atoms with Crippen molar-refractivity contribution in [3.05, 3.63) is 59.7 Å². The van der Waals surface area contributed by atoms with Crippen LogP contribution in [0.2, 0.25) is 0 Å². The van der Waals surface area contributed by atoms with Crippen molar-refractivity contribution in [3.8, 4) is 5.75 Å². The molecular weight excluding hydrogens is 352 g/mol. The number of hydrogen-bond donors (Lipinski definition) is 1. The lowest BCUT2D eigenvalue weighted by molar-refractivity contribution is -0.135. The van der Waals surface area contributed by atoms with E-state index in [0.29, 0.717) is 12.3 Å². The van der Waals surface area contributed by atoms with Crippen molar-refractivity contribution >= 4 is 17.5 Å². The molecule has 0 aliphatic carbocycles. The highest BCUT2D eigenvalue weighted by Crippen LogP contribution is 2.29. The zero-order valence-corrected chi connectivity index (χ0v) is 16.8. The Hall–Kier alpha value is -2.82. The molecular formula is C23H28N2O3. The van der Waals surface area contributed by atoms with Crippen molar-refractivity contribution < 1.29 is 14.3 Å². The number of nitrogens with zero attached hydrogens (tertiary/aromatic N) is 1. The van der Waals surface area contributed by atoms with Gasteiger partial charge < -0.3 is 15.0 Å². The lowest BCUT2D eigenvalue weighted by Gasteiger charge is -2.26. The molecule has 0 fully saturated rings. The molecule has 1 N–H and O–H groups in total. The molecule has 0 saturated heterocycles. The first-order valence-electron chi connectivity index (χ1n) is 9.94. The highest BCUT2D eigenvalue weighted by molar-refractivity contribution is 5.96. The summed E-state index contributed by atoms with van der Waals surface area (Å²) in [5, 5.41) is 3.03. The Kier molecular flexibility index (Phi) is 6.34. The summed E-state index contributed by atoms with van der Waals surface area (Å²) >= 11 is 0. The number of rotatable bonds is 6. The van der Waals surface area contributed by atoms with E-state index >= 15 is 0 Å². The second-order valence-corrected chi connectivity index (χ2v) is 7.25. The number of carbonyl (C=O) groups excluding carboxylic acids is 2. The number of benzene rings is 2. The van der Waals surface area contributed by atoms with Gasteiger partial charge in [0.2, 0.25) is 5.91 Å². The van der Waals surface area contributed by atoms with Crippen LogP contribution in [0.15, 0.2) is 48.5 Å². The van der Waals surface area contributed by atoms with Crippen LogP contribution in [0.5, 0.6) is 5.75 Å². The predicted molar refractivity (Wildman–Crippen MR) is 110 cm³/mol. The molecule has 1 aliphatic rings. The van der Waals surface area contributed by atoms with Crippen molar-refractivity contribution in [2.75, 3.05) is 11.9 Å². The van der Waals surface area contributed by atoms with E-state index in [1.54, 1.807) is 0 Å². The Morgan fingerprint density at radius 1 is 1.14 bits per heavy atom. The smallest absolute Gasteiger partial charge is 0.261 e.